The van der Waals surface area contributed by atoms with Crippen LogP contribution in [0.15, 0.2) is 35.4 Å². The minimum Gasteiger partial charge on any atom is -0.508 e. The van der Waals surface area contributed by atoms with Crippen molar-refractivity contribution in [3.63, 3.8) is 0 Å². The first-order chi connectivity index (χ1) is 15.3. The van der Waals surface area contributed by atoms with Gasteiger partial charge in [-0.15, -0.1) is 0 Å². The molecule has 2 saturated heterocycles. The number of nitrogens with one attached hydrogen (secondary N) is 1. The SMILES string of the molecule is Oc1ccc(NN=Cc2cc(N3CCOCC3)nc(OCCN3CCCCC3)n2)cc1. The smallest absolute Gasteiger partial charge is 0.319 e. The summed E-state index contributed by atoms with van der Waals surface area (Å²) < 4.78 is 11.4. The number of hydrogen-bond acceptors (Lipinski definition) is 9. The monoisotopic (exact) mass is 426 g/mol. The number of benzene rings is 1. The van der Waals surface area contributed by atoms with Crippen molar-refractivity contribution in [2.45, 2.75) is 19.3 Å². The maximum atomic E-state index is 9.39. The lowest BCUT2D eigenvalue weighted by Gasteiger charge is -2.28. The molecule has 2 aliphatic rings. The lowest BCUT2D eigenvalue weighted by atomic mass is 10.1. The third-order valence-electron chi connectivity index (χ3n) is 5.39. The summed E-state index contributed by atoms with van der Waals surface area (Å²) in [7, 11) is 0. The molecule has 0 bridgehead atoms. The van der Waals surface area contributed by atoms with Crippen molar-refractivity contribution >= 4 is 17.7 Å². The molecule has 4 rings (SSSR count). The zero-order chi connectivity index (χ0) is 21.3. The van der Waals surface area contributed by atoms with Crippen LogP contribution in [-0.2, 0) is 4.74 Å². The summed E-state index contributed by atoms with van der Waals surface area (Å²) in [4.78, 5) is 13.7. The summed E-state index contributed by atoms with van der Waals surface area (Å²) in [5.74, 6) is 1.03. The maximum Gasteiger partial charge on any atom is 0.319 e. The van der Waals surface area contributed by atoms with E-state index in [9.17, 15) is 5.11 Å². The van der Waals surface area contributed by atoms with Gasteiger partial charge in [0.15, 0.2) is 0 Å². The fourth-order valence-corrected chi connectivity index (χ4v) is 3.67. The van der Waals surface area contributed by atoms with Gasteiger partial charge < -0.3 is 19.5 Å². The predicted molar refractivity (Wildman–Crippen MR) is 120 cm³/mol. The van der Waals surface area contributed by atoms with E-state index in [1.807, 2.05) is 6.07 Å². The van der Waals surface area contributed by atoms with Crippen molar-refractivity contribution in [2.24, 2.45) is 5.10 Å². The molecule has 9 heteroatoms. The van der Waals surface area contributed by atoms with E-state index in [1.165, 1.54) is 19.3 Å². The molecule has 2 N–H and O–H groups in total. The molecule has 0 radical (unpaired) electrons. The molecule has 0 spiro atoms. The zero-order valence-corrected chi connectivity index (χ0v) is 17.7. The maximum absolute atomic E-state index is 9.39. The number of ether oxygens (including phenoxy) is 2. The van der Waals surface area contributed by atoms with Gasteiger partial charge in [-0.1, -0.05) is 6.42 Å². The van der Waals surface area contributed by atoms with Gasteiger partial charge >= 0.3 is 6.01 Å². The average Bonchev–Trinajstić information content (AvgIpc) is 2.82. The van der Waals surface area contributed by atoms with Crippen LogP contribution in [0.2, 0.25) is 0 Å². The first-order valence-electron chi connectivity index (χ1n) is 10.9. The Bertz CT molecular complexity index is 849. The molecular formula is C22H30N6O3. The molecular weight excluding hydrogens is 396 g/mol. The van der Waals surface area contributed by atoms with Crippen molar-refractivity contribution in [2.75, 3.05) is 62.9 Å². The number of likely N-dealkylation sites (tertiary alicyclic amines) is 1. The van der Waals surface area contributed by atoms with Crippen LogP contribution in [-0.4, -0.2) is 78.7 Å². The highest BCUT2D eigenvalue weighted by Crippen LogP contribution is 2.18. The Morgan fingerprint density at radius 3 is 2.61 bits per heavy atom. The molecule has 0 amide bonds. The third kappa shape index (κ3) is 6.53. The topological polar surface area (TPSA) is 95.3 Å². The number of hydrogen-bond donors (Lipinski definition) is 2. The van der Waals surface area contributed by atoms with Gasteiger partial charge in [0.2, 0.25) is 0 Å². The normalized spacial score (nSPS) is 17.7. The van der Waals surface area contributed by atoms with Crippen LogP contribution in [0, 0.1) is 0 Å². The zero-order valence-electron chi connectivity index (χ0n) is 17.7. The third-order valence-corrected chi connectivity index (χ3v) is 5.39. The number of hydrazone groups is 1. The highest BCUT2D eigenvalue weighted by Gasteiger charge is 2.16. The molecule has 0 unspecified atom stereocenters. The van der Waals surface area contributed by atoms with Crippen LogP contribution < -0.4 is 15.1 Å². The van der Waals surface area contributed by atoms with Gasteiger partial charge in [-0.05, 0) is 50.2 Å². The summed E-state index contributed by atoms with van der Waals surface area (Å²) in [5.41, 5.74) is 4.38. The molecule has 3 heterocycles. The van der Waals surface area contributed by atoms with Gasteiger partial charge in [-0.3, -0.25) is 10.3 Å². The van der Waals surface area contributed by atoms with Crippen LogP contribution >= 0.6 is 0 Å². The van der Waals surface area contributed by atoms with Crippen molar-refractivity contribution in [3.05, 3.63) is 36.0 Å². The van der Waals surface area contributed by atoms with Gasteiger partial charge in [-0.25, -0.2) is 0 Å². The van der Waals surface area contributed by atoms with E-state index in [0.29, 0.717) is 31.5 Å². The van der Waals surface area contributed by atoms with E-state index < -0.39 is 0 Å². The Morgan fingerprint density at radius 1 is 1.06 bits per heavy atom. The van der Waals surface area contributed by atoms with E-state index in [1.54, 1.807) is 30.5 Å². The van der Waals surface area contributed by atoms with Crippen LogP contribution in [0.4, 0.5) is 11.5 Å². The van der Waals surface area contributed by atoms with Crippen molar-refractivity contribution in [3.8, 4) is 11.8 Å². The quantitative estimate of drug-likeness (QED) is 0.377. The van der Waals surface area contributed by atoms with Crippen molar-refractivity contribution in [1.82, 2.24) is 14.9 Å². The fourth-order valence-electron chi connectivity index (χ4n) is 3.67. The molecule has 0 saturated carbocycles. The lowest BCUT2D eigenvalue weighted by molar-refractivity contribution is 0.122. The Labute approximate surface area is 182 Å². The molecule has 2 aromatic rings. The number of phenols is 1. The highest BCUT2D eigenvalue weighted by molar-refractivity contribution is 5.79. The number of aromatic nitrogens is 2. The first kappa shape index (κ1) is 21.3. The van der Waals surface area contributed by atoms with Gasteiger partial charge in [0.05, 0.1) is 30.8 Å². The number of phenolic OH excluding ortho intramolecular Hbond substituents is 1. The minimum absolute atomic E-state index is 0.215. The predicted octanol–water partition coefficient (Wildman–Crippen LogP) is 2.33. The van der Waals surface area contributed by atoms with Crippen LogP contribution in [0.25, 0.3) is 0 Å². The van der Waals surface area contributed by atoms with E-state index >= 15 is 0 Å². The highest BCUT2D eigenvalue weighted by atomic mass is 16.5. The molecule has 9 nitrogen and oxygen atoms in total. The summed E-state index contributed by atoms with van der Waals surface area (Å²) >= 11 is 0. The summed E-state index contributed by atoms with van der Waals surface area (Å²) in [6, 6.07) is 8.99. The van der Waals surface area contributed by atoms with Crippen molar-refractivity contribution < 1.29 is 14.6 Å². The van der Waals surface area contributed by atoms with Gasteiger partial charge in [-0.2, -0.15) is 15.1 Å². The Kier molecular flexibility index (Phi) is 7.51. The Morgan fingerprint density at radius 2 is 1.84 bits per heavy atom. The molecule has 0 atom stereocenters. The number of nitrogens with zero attached hydrogens (tertiary/aromatic N) is 5. The minimum atomic E-state index is 0.215. The van der Waals surface area contributed by atoms with Crippen LogP contribution in [0.1, 0.15) is 25.0 Å². The Balaban J connectivity index is 1.42. The number of rotatable bonds is 8. The van der Waals surface area contributed by atoms with E-state index in [-0.39, 0.29) is 5.75 Å². The number of aromatic hydroxyl groups is 1. The molecule has 2 fully saturated rings. The van der Waals surface area contributed by atoms with Crippen molar-refractivity contribution in [1.29, 1.82) is 0 Å². The first-order valence-corrected chi connectivity index (χ1v) is 10.9. The lowest BCUT2D eigenvalue weighted by Crippen LogP contribution is -2.37. The molecule has 1 aromatic heterocycles. The van der Waals surface area contributed by atoms with E-state index in [2.05, 4.69) is 30.3 Å². The Hall–Kier alpha value is -2.91. The standard InChI is InChI=1S/C22H30N6O3/c29-20-6-4-18(5-7-20)26-23-17-19-16-21(28-11-13-30-14-12-28)25-22(24-19)31-15-10-27-8-2-1-3-9-27/h4-7,16-17,26,29H,1-3,8-15H2. The molecule has 31 heavy (non-hydrogen) atoms. The number of morpholine rings is 1. The van der Waals surface area contributed by atoms with Crippen LogP contribution in [0.3, 0.4) is 0 Å². The second-order valence-corrected chi connectivity index (χ2v) is 7.70. The van der Waals surface area contributed by atoms with E-state index in [0.717, 1.165) is 44.2 Å². The van der Waals surface area contributed by atoms with Gasteiger partial charge in [0.1, 0.15) is 18.2 Å². The fraction of sp³-hybridized carbons (Fsp3) is 0.500. The number of anilines is 2. The summed E-state index contributed by atoms with van der Waals surface area (Å²) in [6.07, 6.45) is 5.49. The summed E-state index contributed by atoms with van der Waals surface area (Å²) in [6.45, 7) is 6.66. The molecule has 2 aliphatic heterocycles. The number of piperidine rings is 1. The second-order valence-electron chi connectivity index (χ2n) is 7.70. The largest absolute Gasteiger partial charge is 0.508 e. The molecule has 1 aromatic carbocycles. The van der Waals surface area contributed by atoms with Crippen LogP contribution in [0.5, 0.6) is 11.8 Å². The van der Waals surface area contributed by atoms with Gasteiger partial charge in [0, 0.05) is 25.7 Å². The van der Waals surface area contributed by atoms with E-state index in [4.69, 9.17) is 9.47 Å². The second kappa shape index (κ2) is 10.9. The van der Waals surface area contributed by atoms with Gasteiger partial charge in [0.25, 0.3) is 0 Å². The molecule has 166 valence electrons. The average molecular weight is 427 g/mol. The molecule has 0 aliphatic carbocycles. The summed E-state index contributed by atoms with van der Waals surface area (Å²) in [5, 5.41) is 13.7.